The number of ether oxygens (including phenoxy) is 1. The minimum Gasteiger partial charge on any atom is -0.465 e. The third kappa shape index (κ3) is 3.79. The molecule has 0 bridgehead atoms. The minimum atomic E-state index is -0.348. The molecule has 1 saturated heterocycles. The summed E-state index contributed by atoms with van der Waals surface area (Å²) in [6.07, 6.45) is 1.09. The van der Waals surface area contributed by atoms with Crippen LogP contribution in [0.1, 0.15) is 28.3 Å². The number of hydrogen-bond acceptors (Lipinski definition) is 5. The first kappa shape index (κ1) is 17.9. The highest BCUT2D eigenvalue weighted by atomic mass is 32.1. The van der Waals surface area contributed by atoms with Crippen molar-refractivity contribution in [3.63, 3.8) is 0 Å². The number of fused-ring (bicyclic) bond motifs is 1. The second kappa shape index (κ2) is 7.62. The van der Waals surface area contributed by atoms with Gasteiger partial charge in [0.15, 0.2) is 10.2 Å². The van der Waals surface area contributed by atoms with Gasteiger partial charge in [0.2, 0.25) is 0 Å². The van der Waals surface area contributed by atoms with Gasteiger partial charge in [0.05, 0.1) is 22.9 Å². The monoisotopic (exact) mass is 397 g/mol. The Kier molecular flexibility index (Phi) is 5.05. The van der Waals surface area contributed by atoms with Crippen LogP contribution in [0.2, 0.25) is 0 Å². The Hall–Kier alpha value is -2.51. The van der Waals surface area contributed by atoms with E-state index in [-0.39, 0.29) is 5.97 Å². The second-order valence-corrected chi connectivity index (χ2v) is 7.88. The minimum absolute atomic E-state index is 0.348. The van der Waals surface area contributed by atoms with E-state index in [4.69, 9.17) is 17.0 Å². The molecule has 7 heteroatoms. The van der Waals surface area contributed by atoms with E-state index in [0.29, 0.717) is 16.6 Å². The van der Waals surface area contributed by atoms with Gasteiger partial charge in [0.1, 0.15) is 0 Å². The molecule has 2 heterocycles. The maximum atomic E-state index is 11.7. The molecule has 0 aliphatic carbocycles. The number of methoxy groups -OCH3 is 1. The number of likely N-dealkylation sites (tertiary alicyclic amines) is 1. The number of esters is 1. The lowest BCUT2D eigenvalue weighted by atomic mass is 9.99. The van der Waals surface area contributed by atoms with E-state index >= 15 is 0 Å². The first-order valence-electron chi connectivity index (χ1n) is 8.74. The Morgan fingerprint density at radius 3 is 2.89 bits per heavy atom. The van der Waals surface area contributed by atoms with Gasteiger partial charge in [-0.25, -0.2) is 9.78 Å². The fraction of sp³-hybridized carbons (Fsp3) is 0.250. The van der Waals surface area contributed by atoms with Gasteiger partial charge in [-0.15, -0.1) is 0 Å². The molecule has 0 radical (unpaired) electrons. The van der Waals surface area contributed by atoms with Gasteiger partial charge < -0.3 is 15.0 Å². The summed E-state index contributed by atoms with van der Waals surface area (Å²) in [5.41, 5.74) is 2.72. The number of carbonyl (C=O) groups is 1. The molecule has 1 aromatic heterocycles. The molecule has 3 aromatic rings. The Balaban J connectivity index is 1.44. The van der Waals surface area contributed by atoms with Gasteiger partial charge in [-0.3, -0.25) is 0 Å². The maximum absolute atomic E-state index is 11.7. The van der Waals surface area contributed by atoms with Crippen LogP contribution in [-0.2, 0) is 4.74 Å². The van der Waals surface area contributed by atoms with Crippen LogP contribution >= 0.6 is 23.6 Å². The molecular formula is C20H19N3O2S2. The molecule has 1 fully saturated rings. The van der Waals surface area contributed by atoms with E-state index in [9.17, 15) is 4.79 Å². The van der Waals surface area contributed by atoms with Gasteiger partial charge in [-0.2, -0.15) is 0 Å². The molecule has 1 unspecified atom stereocenters. The third-order valence-corrected chi connectivity index (χ3v) is 6.06. The molecule has 1 atom stereocenters. The first-order chi connectivity index (χ1) is 13.1. The number of benzene rings is 2. The van der Waals surface area contributed by atoms with Crippen molar-refractivity contribution in [2.75, 3.05) is 25.5 Å². The molecule has 0 spiro atoms. The van der Waals surface area contributed by atoms with Gasteiger partial charge >= 0.3 is 5.97 Å². The van der Waals surface area contributed by atoms with E-state index in [0.717, 1.165) is 34.9 Å². The molecule has 0 amide bonds. The fourth-order valence-electron chi connectivity index (χ4n) is 3.34. The Morgan fingerprint density at radius 1 is 1.30 bits per heavy atom. The van der Waals surface area contributed by atoms with Crippen LogP contribution in [0.3, 0.4) is 0 Å². The number of nitrogens with one attached hydrogen (secondary N) is 1. The molecule has 0 saturated carbocycles. The highest BCUT2D eigenvalue weighted by Crippen LogP contribution is 2.30. The SMILES string of the molecule is COC(=O)c1ccc2nc(NC(=S)N3CCC(c4ccccc4)C3)sc2c1. The lowest BCUT2D eigenvalue weighted by Gasteiger charge is -2.19. The standard InChI is InChI=1S/C20H19N3O2S2/c1-25-18(24)14-7-8-16-17(11-14)27-19(21-16)22-20(26)23-10-9-15(12-23)13-5-3-2-4-6-13/h2-8,11,15H,9-10,12H2,1H3,(H,21,22,26). The third-order valence-electron chi connectivity index (χ3n) is 4.77. The molecule has 27 heavy (non-hydrogen) atoms. The predicted molar refractivity (Wildman–Crippen MR) is 113 cm³/mol. The van der Waals surface area contributed by atoms with Crippen LogP contribution in [0.4, 0.5) is 5.13 Å². The van der Waals surface area contributed by atoms with Crippen molar-refractivity contribution in [3.05, 3.63) is 59.7 Å². The zero-order chi connectivity index (χ0) is 18.8. The van der Waals surface area contributed by atoms with E-state index in [2.05, 4.69) is 39.5 Å². The molecule has 1 aliphatic heterocycles. The molecule has 5 nitrogen and oxygen atoms in total. The van der Waals surface area contributed by atoms with Crippen molar-refractivity contribution in [1.29, 1.82) is 0 Å². The van der Waals surface area contributed by atoms with Crippen molar-refractivity contribution in [2.24, 2.45) is 0 Å². The summed E-state index contributed by atoms with van der Waals surface area (Å²) in [4.78, 5) is 18.4. The smallest absolute Gasteiger partial charge is 0.337 e. The zero-order valence-electron chi connectivity index (χ0n) is 14.8. The van der Waals surface area contributed by atoms with Crippen molar-refractivity contribution < 1.29 is 9.53 Å². The second-order valence-electron chi connectivity index (χ2n) is 6.47. The summed E-state index contributed by atoms with van der Waals surface area (Å²) in [5.74, 6) is 0.156. The van der Waals surface area contributed by atoms with Crippen molar-refractivity contribution in [2.45, 2.75) is 12.3 Å². The van der Waals surface area contributed by atoms with Crippen LogP contribution in [0, 0.1) is 0 Å². The molecule has 1 aliphatic rings. The Bertz CT molecular complexity index is 987. The van der Waals surface area contributed by atoms with E-state index in [1.807, 2.05) is 12.1 Å². The lowest BCUT2D eigenvalue weighted by Crippen LogP contribution is -2.32. The predicted octanol–water partition coefficient (Wildman–Crippen LogP) is 4.27. The largest absolute Gasteiger partial charge is 0.465 e. The van der Waals surface area contributed by atoms with Crippen LogP contribution in [0.15, 0.2) is 48.5 Å². The van der Waals surface area contributed by atoms with E-state index in [1.54, 1.807) is 12.1 Å². The highest BCUT2D eigenvalue weighted by molar-refractivity contribution is 7.80. The normalized spacial score (nSPS) is 16.5. The summed E-state index contributed by atoms with van der Waals surface area (Å²) in [6.45, 7) is 1.84. The fourth-order valence-corrected chi connectivity index (χ4v) is 4.57. The lowest BCUT2D eigenvalue weighted by molar-refractivity contribution is 0.0601. The van der Waals surface area contributed by atoms with Crippen molar-refractivity contribution in [1.82, 2.24) is 9.88 Å². The summed E-state index contributed by atoms with van der Waals surface area (Å²) < 4.78 is 5.70. The summed E-state index contributed by atoms with van der Waals surface area (Å²) in [5, 5.41) is 4.69. The number of thiocarbonyl (C=S) groups is 1. The number of anilines is 1. The summed E-state index contributed by atoms with van der Waals surface area (Å²) in [6, 6.07) is 15.9. The average Bonchev–Trinajstić information content (AvgIpc) is 3.34. The number of carbonyl (C=O) groups excluding carboxylic acids is 1. The Morgan fingerprint density at radius 2 is 2.11 bits per heavy atom. The van der Waals surface area contributed by atoms with E-state index < -0.39 is 0 Å². The van der Waals surface area contributed by atoms with Gasteiger partial charge in [0, 0.05) is 19.0 Å². The number of rotatable bonds is 3. The topological polar surface area (TPSA) is 54.5 Å². The first-order valence-corrected chi connectivity index (χ1v) is 9.96. The van der Waals surface area contributed by atoms with Gasteiger partial charge in [0.25, 0.3) is 0 Å². The summed E-state index contributed by atoms with van der Waals surface area (Å²) in [7, 11) is 1.38. The van der Waals surface area contributed by atoms with E-state index in [1.165, 1.54) is 24.0 Å². The number of aromatic nitrogens is 1. The van der Waals surface area contributed by atoms with Crippen LogP contribution in [0.5, 0.6) is 0 Å². The molecule has 1 N–H and O–H groups in total. The Labute approximate surface area is 167 Å². The summed E-state index contributed by atoms with van der Waals surface area (Å²) >= 11 is 7.08. The van der Waals surface area contributed by atoms with Gasteiger partial charge in [-0.1, -0.05) is 41.7 Å². The van der Waals surface area contributed by atoms with Crippen molar-refractivity contribution in [3.8, 4) is 0 Å². The van der Waals surface area contributed by atoms with Crippen molar-refractivity contribution >= 4 is 50.0 Å². The molecule has 4 rings (SSSR count). The quantitative estimate of drug-likeness (QED) is 0.526. The number of nitrogens with zero attached hydrogens (tertiary/aromatic N) is 2. The molecule has 2 aromatic carbocycles. The van der Waals surface area contributed by atoms with Gasteiger partial charge in [-0.05, 0) is 42.4 Å². The zero-order valence-corrected chi connectivity index (χ0v) is 16.5. The maximum Gasteiger partial charge on any atom is 0.337 e. The van der Waals surface area contributed by atoms with Crippen LogP contribution < -0.4 is 5.32 Å². The van der Waals surface area contributed by atoms with Crippen LogP contribution in [0.25, 0.3) is 10.2 Å². The number of hydrogen-bond donors (Lipinski definition) is 1. The highest BCUT2D eigenvalue weighted by Gasteiger charge is 2.25. The molecule has 138 valence electrons. The van der Waals surface area contributed by atoms with Crippen LogP contribution in [-0.4, -0.2) is 41.2 Å². The number of thiazole rings is 1. The molecular weight excluding hydrogens is 378 g/mol. The average molecular weight is 398 g/mol.